The van der Waals surface area contributed by atoms with Crippen LogP contribution in [-0.4, -0.2) is 53.5 Å². The maximum Gasteiger partial charge on any atom is 0.335 e. The number of carbonyl (C=O) groups is 3. The summed E-state index contributed by atoms with van der Waals surface area (Å²) in [5.74, 6) is -1.30. The first-order valence-corrected chi connectivity index (χ1v) is 8.29. The molecule has 136 valence electrons. The number of fused-ring (bicyclic) bond motifs is 1. The van der Waals surface area contributed by atoms with Crippen LogP contribution in [0, 0.1) is 0 Å². The summed E-state index contributed by atoms with van der Waals surface area (Å²) in [7, 11) is 1.71. The van der Waals surface area contributed by atoms with Gasteiger partial charge >= 0.3 is 5.97 Å². The zero-order valence-electron chi connectivity index (χ0n) is 15.0. The molecule has 1 aromatic rings. The van der Waals surface area contributed by atoms with Crippen LogP contribution in [-0.2, 0) is 9.59 Å². The van der Waals surface area contributed by atoms with E-state index in [1.54, 1.807) is 25.8 Å². The minimum absolute atomic E-state index is 0.0650. The van der Waals surface area contributed by atoms with Crippen LogP contribution in [0.5, 0.6) is 5.75 Å². The second-order valence-electron chi connectivity index (χ2n) is 6.66. The van der Waals surface area contributed by atoms with Gasteiger partial charge in [-0.25, -0.2) is 4.79 Å². The van der Waals surface area contributed by atoms with Gasteiger partial charge < -0.3 is 14.7 Å². The largest absolute Gasteiger partial charge is 0.478 e. The Kier molecular flexibility index (Phi) is 5.35. The minimum Gasteiger partial charge on any atom is -0.478 e. The van der Waals surface area contributed by atoms with Gasteiger partial charge in [0.25, 0.3) is 5.91 Å². The summed E-state index contributed by atoms with van der Waals surface area (Å²) < 4.78 is 5.68. The van der Waals surface area contributed by atoms with E-state index in [2.05, 4.69) is 0 Å². The third-order valence-electron chi connectivity index (χ3n) is 4.19. The van der Waals surface area contributed by atoms with Crippen LogP contribution >= 0.6 is 0 Å². The highest BCUT2D eigenvalue weighted by atomic mass is 16.5. The molecule has 0 aliphatic carbocycles. The van der Waals surface area contributed by atoms with Crippen molar-refractivity contribution in [1.29, 1.82) is 0 Å². The molecule has 2 amide bonds. The molecule has 0 spiro atoms. The average Bonchev–Trinajstić information content (AvgIpc) is 2.55. The van der Waals surface area contributed by atoms with Gasteiger partial charge in [0, 0.05) is 13.6 Å². The van der Waals surface area contributed by atoms with E-state index in [9.17, 15) is 14.4 Å². The minimum atomic E-state index is -1.17. The molecule has 0 atom stereocenters. The molecule has 0 fully saturated rings. The lowest BCUT2D eigenvalue weighted by Gasteiger charge is -2.39. The number of unbranched alkanes of at least 4 members (excludes halogenated alkanes) is 1. The normalized spacial score (nSPS) is 15.4. The first kappa shape index (κ1) is 18.8. The first-order chi connectivity index (χ1) is 11.7. The van der Waals surface area contributed by atoms with Gasteiger partial charge in [0.15, 0.2) is 5.60 Å². The molecular formula is C18H24N2O5. The number of hydrogen-bond donors (Lipinski definition) is 1. The van der Waals surface area contributed by atoms with Crippen molar-refractivity contribution in [3.63, 3.8) is 0 Å². The Balaban J connectivity index is 2.32. The fourth-order valence-electron chi connectivity index (χ4n) is 2.64. The van der Waals surface area contributed by atoms with Gasteiger partial charge in [-0.2, -0.15) is 0 Å². The average molecular weight is 348 g/mol. The van der Waals surface area contributed by atoms with Crippen molar-refractivity contribution in [2.45, 2.75) is 39.2 Å². The van der Waals surface area contributed by atoms with E-state index < -0.39 is 11.6 Å². The van der Waals surface area contributed by atoms with Gasteiger partial charge in [-0.1, -0.05) is 13.3 Å². The maximum atomic E-state index is 12.7. The van der Waals surface area contributed by atoms with Crippen molar-refractivity contribution < 1.29 is 24.2 Å². The molecule has 0 radical (unpaired) electrons. The Morgan fingerprint density at radius 2 is 2.00 bits per heavy atom. The summed E-state index contributed by atoms with van der Waals surface area (Å²) in [5.41, 5.74) is -0.700. The molecule has 7 nitrogen and oxygen atoms in total. The van der Waals surface area contributed by atoms with Crippen LogP contribution < -0.4 is 9.64 Å². The van der Waals surface area contributed by atoms with E-state index in [1.165, 1.54) is 23.1 Å². The van der Waals surface area contributed by atoms with Crippen LogP contribution in [0.3, 0.4) is 0 Å². The standard InChI is InChI=1S/C18H24N2O5/c1-5-6-9-19(4)15(21)11-20-13-8-7-12(16(22)23)10-14(13)25-18(2,3)17(20)24/h7-8,10H,5-6,9,11H2,1-4H3,(H,22,23). The predicted octanol–water partition coefficient (Wildman–Crippen LogP) is 2.15. The zero-order chi connectivity index (χ0) is 18.8. The summed E-state index contributed by atoms with van der Waals surface area (Å²) in [6.07, 6.45) is 1.87. The third kappa shape index (κ3) is 3.92. The Bertz CT molecular complexity index is 699. The van der Waals surface area contributed by atoms with E-state index in [4.69, 9.17) is 9.84 Å². The molecule has 1 aliphatic rings. The van der Waals surface area contributed by atoms with Gasteiger partial charge in [0.1, 0.15) is 12.3 Å². The van der Waals surface area contributed by atoms with Crippen LogP contribution in [0.25, 0.3) is 0 Å². The number of benzene rings is 1. The molecule has 25 heavy (non-hydrogen) atoms. The molecule has 1 aliphatic heterocycles. The predicted molar refractivity (Wildman–Crippen MR) is 93.0 cm³/mol. The van der Waals surface area contributed by atoms with E-state index in [0.717, 1.165) is 12.8 Å². The fraction of sp³-hybridized carbons (Fsp3) is 0.500. The summed E-state index contributed by atoms with van der Waals surface area (Å²) in [6, 6.07) is 4.28. The first-order valence-electron chi connectivity index (χ1n) is 8.29. The smallest absolute Gasteiger partial charge is 0.335 e. The summed E-state index contributed by atoms with van der Waals surface area (Å²) >= 11 is 0. The SMILES string of the molecule is CCCCN(C)C(=O)CN1C(=O)C(C)(C)Oc2cc(C(=O)O)ccc21. The van der Waals surface area contributed by atoms with Gasteiger partial charge in [0.2, 0.25) is 5.91 Å². The number of amides is 2. The highest BCUT2D eigenvalue weighted by molar-refractivity contribution is 6.06. The number of carboxylic acid groups (broad SMARTS) is 1. The van der Waals surface area contributed by atoms with E-state index in [-0.39, 0.29) is 29.7 Å². The number of aromatic carboxylic acids is 1. The molecule has 0 saturated heterocycles. The lowest BCUT2D eigenvalue weighted by molar-refractivity contribution is -0.136. The quantitative estimate of drug-likeness (QED) is 0.851. The molecule has 0 unspecified atom stereocenters. The second-order valence-corrected chi connectivity index (χ2v) is 6.66. The third-order valence-corrected chi connectivity index (χ3v) is 4.19. The maximum absolute atomic E-state index is 12.7. The molecule has 7 heteroatoms. The summed E-state index contributed by atoms with van der Waals surface area (Å²) in [6.45, 7) is 5.77. The topological polar surface area (TPSA) is 87.2 Å². The Labute approximate surface area is 147 Å². The lowest BCUT2D eigenvalue weighted by atomic mass is 10.0. The van der Waals surface area contributed by atoms with Crippen molar-refractivity contribution in [3.05, 3.63) is 23.8 Å². The van der Waals surface area contributed by atoms with Crippen molar-refractivity contribution in [2.75, 3.05) is 25.0 Å². The van der Waals surface area contributed by atoms with Crippen molar-refractivity contribution in [3.8, 4) is 5.75 Å². The number of anilines is 1. The van der Waals surface area contributed by atoms with Gasteiger partial charge in [-0.05, 0) is 38.5 Å². The molecule has 0 saturated carbocycles. The zero-order valence-corrected chi connectivity index (χ0v) is 15.0. The molecule has 1 N–H and O–H groups in total. The van der Waals surface area contributed by atoms with Crippen molar-refractivity contribution in [1.82, 2.24) is 4.90 Å². The monoisotopic (exact) mass is 348 g/mol. The van der Waals surface area contributed by atoms with E-state index in [0.29, 0.717) is 12.2 Å². The van der Waals surface area contributed by atoms with E-state index >= 15 is 0 Å². The number of ether oxygens (including phenoxy) is 1. The van der Waals surface area contributed by atoms with Crippen LogP contribution in [0.1, 0.15) is 44.0 Å². The lowest BCUT2D eigenvalue weighted by Crippen LogP contribution is -2.55. The second kappa shape index (κ2) is 7.13. The number of rotatable bonds is 6. The van der Waals surface area contributed by atoms with Crippen LogP contribution in [0.15, 0.2) is 18.2 Å². The molecule has 1 heterocycles. The molecule has 0 bridgehead atoms. The summed E-state index contributed by atoms with van der Waals surface area (Å²) in [4.78, 5) is 39.3. The Morgan fingerprint density at radius 1 is 1.32 bits per heavy atom. The molecule has 1 aromatic carbocycles. The Hall–Kier alpha value is -2.57. The van der Waals surface area contributed by atoms with E-state index in [1.807, 2.05) is 6.92 Å². The van der Waals surface area contributed by atoms with Crippen LogP contribution in [0.4, 0.5) is 5.69 Å². The highest BCUT2D eigenvalue weighted by Crippen LogP contribution is 2.38. The number of carbonyl (C=O) groups excluding carboxylic acids is 2. The summed E-state index contributed by atoms with van der Waals surface area (Å²) in [5, 5.41) is 9.14. The number of nitrogens with zero attached hydrogens (tertiary/aromatic N) is 2. The molecule has 0 aromatic heterocycles. The number of carboxylic acids is 1. The van der Waals surface area contributed by atoms with Crippen LogP contribution in [0.2, 0.25) is 0 Å². The number of likely N-dealkylation sites (N-methyl/N-ethyl adjacent to an activating group) is 1. The van der Waals surface area contributed by atoms with Gasteiger partial charge in [0.05, 0.1) is 11.3 Å². The highest BCUT2D eigenvalue weighted by Gasteiger charge is 2.42. The Morgan fingerprint density at radius 3 is 2.60 bits per heavy atom. The molecular weight excluding hydrogens is 324 g/mol. The number of hydrogen-bond acceptors (Lipinski definition) is 4. The fourth-order valence-corrected chi connectivity index (χ4v) is 2.64. The van der Waals surface area contributed by atoms with Gasteiger partial charge in [-0.3, -0.25) is 14.5 Å². The van der Waals surface area contributed by atoms with Crippen molar-refractivity contribution >= 4 is 23.5 Å². The molecule has 2 rings (SSSR count). The van der Waals surface area contributed by atoms with Gasteiger partial charge in [-0.15, -0.1) is 0 Å². The van der Waals surface area contributed by atoms with Crippen molar-refractivity contribution in [2.24, 2.45) is 0 Å².